The van der Waals surface area contributed by atoms with Crippen LogP contribution in [0.25, 0.3) is 5.76 Å². The first kappa shape index (κ1) is 11.6. The van der Waals surface area contributed by atoms with Crippen LogP contribution in [0.1, 0.15) is 12.5 Å². The molecule has 1 heterocycles. The molecule has 0 aliphatic carbocycles. The molecule has 2 N–H and O–H groups in total. The number of benzene rings is 1. The molecule has 5 heteroatoms. The maximum absolute atomic E-state index is 11.5. The van der Waals surface area contributed by atoms with Crippen molar-refractivity contribution in [2.24, 2.45) is 0 Å². The number of carbonyl (C=O) groups is 1. The first-order chi connectivity index (χ1) is 8.15. The van der Waals surface area contributed by atoms with Gasteiger partial charge in [0.1, 0.15) is 0 Å². The highest BCUT2D eigenvalue weighted by molar-refractivity contribution is 5.84. The van der Waals surface area contributed by atoms with E-state index in [-0.39, 0.29) is 6.61 Å². The van der Waals surface area contributed by atoms with E-state index in [0.717, 1.165) is 5.56 Å². The molecule has 5 nitrogen and oxygen atoms in total. The lowest BCUT2D eigenvalue weighted by Gasteiger charge is -2.16. The summed E-state index contributed by atoms with van der Waals surface area (Å²) in [6.07, 6.45) is 1.29. The zero-order valence-corrected chi connectivity index (χ0v) is 9.34. The van der Waals surface area contributed by atoms with Gasteiger partial charge in [-0.05, 0) is 6.92 Å². The Morgan fingerprint density at radius 1 is 1.47 bits per heavy atom. The smallest absolute Gasteiger partial charge is 0.361 e. The van der Waals surface area contributed by atoms with E-state index in [0.29, 0.717) is 5.76 Å². The number of esters is 1. The van der Waals surface area contributed by atoms with Gasteiger partial charge < -0.3 is 14.7 Å². The van der Waals surface area contributed by atoms with E-state index < -0.39 is 11.7 Å². The summed E-state index contributed by atoms with van der Waals surface area (Å²) in [6.45, 7) is 1.86. The Hall–Kier alpha value is -1.85. The monoisotopic (exact) mass is 235 g/mol. The summed E-state index contributed by atoms with van der Waals surface area (Å²) in [6, 6.07) is 9.15. The molecule has 90 valence electrons. The van der Waals surface area contributed by atoms with Crippen LogP contribution in [0.2, 0.25) is 0 Å². The molecule has 17 heavy (non-hydrogen) atoms. The lowest BCUT2D eigenvalue weighted by molar-refractivity contribution is -0.169. The van der Waals surface area contributed by atoms with E-state index in [4.69, 9.17) is 9.57 Å². The summed E-state index contributed by atoms with van der Waals surface area (Å²) in [5, 5.41) is 9.94. The van der Waals surface area contributed by atoms with Gasteiger partial charge in [-0.25, -0.2) is 4.79 Å². The topological polar surface area (TPSA) is 67.8 Å². The fourth-order valence-corrected chi connectivity index (χ4v) is 1.47. The van der Waals surface area contributed by atoms with Gasteiger partial charge in [0.25, 0.3) is 5.72 Å². The first-order valence-corrected chi connectivity index (χ1v) is 5.27. The van der Waals surface area contributed by atoms with Gasteiger partial charge in [-0.3, -0.25) is 0 Å². The molecule has 0 saturated heterocycles. The minimum Gasteiger partial charge on any atom is -0.462 e. The van der Waals surface area contributed by atoms with Crippen molar-refractivity contribution in [3.63, 3.8) is 0 Å². The van der Waals surface area contributed by atoms with E-state index in [1.165, 1.54) is 6.08 Å². The number of hydrogen-bond acceptors (Lipinski definition) is 5. The largest absolute Gasteiger partial charge is 0.462 e. The van der Waals surface area contributed by atoms with Crippen molar-refractivity contribution < 1.29 is 19.5 Å². The Labute approximate surface area is 98.6 Å². The van der Waals surface area contributed by atoms with Crippen LogP contribution in [0.3, 0.4) is 0 Å². The Morgan fingerprint density at radius 3 is 2.82 bits per heavy atom. The lowest BCUT2D eigenvalue weighted by Crippen LogP contribution is -2.47. The number of carbonyl (C=O) groups excluding carboxylic acids is 1. The van der Waals surface area contributed by atoms with E-state index in [1.54, 1.807) is 6.92 Å². The molecule has 1 aliphatic heterocycles. The Balaban J connectivity index is 2.21. The van der Waals surface area contributed by atoms with Gasteiger partial charge in [-0.2, -0.15) is 0 Å². The average molecular weight is 235 g/mol. The van der Waals surface area contributed by atoms with Crippen molar-refractivity contribution in [1.82, 2.24) is 5.48 Å². The highest BCUT2D eigenvalue weighted by Gasteiger charge is 2.42. The molecule has 1 atom stereocenters. The SMILES string of the molecule is CCOC(=O)C1(O)C=C(c2ccccc2)ON1. The minimum atomic E-state index is -1.92. The van der Waals surface area contributed by atoms with Gasteiger partial charge in [0.15, 0.2) is 5.76 Å². The van der Waals surface area contributed by atoms with E-state index >= 15 is 0 Å². The maximum atomic E-state index is 11.5. The molecule has 0 saturated carbocycles. The van der Waals surface area contributed by atoms with Crippen molar-refractivity contribution in [2.75, 3.05) is 6.61 Å². The summed E-state index contributed by atoms with van der Waals surface area (Å²) in [4.78, 5) is 16.6. The van der Waals surface area contributed by atoms with Crippen molar-refractivity contribution in [2.45, 2.75) is 12.6 Å². The number of hydroxylamine groups is 1. The van der Waals surface area contributed by atoms with Crippen molar-refractivity contribution in [3.05, 3.63) is 42.0 Å². The van der Waals surface area contributed by atoms with Crippen LogP contribution >= 0.6 is 0 Å². The second-order valence-electron chi connectivity index (χ2n) is 3.57. The highest BCUT2D eigenvalue weighted by Crippen LogP contribution is 2.25. The zero-order chi connectivity index (χ0) is 12.3. The highest BCUT2D eigenvalue weighted by atomic mass is 16.7. The molecule has 0 spiro atoms. The minimum absolute atomic E-state index is 0.192. The van der Waals surface area contributed by atoms with Gasteiger partial charge in [0.05, 0.1) is 6.61 Å². The normalized spacial score (nSPS) is 22.8. The summed E-state index contributed by atoms with van der Waals surface area (Å²) < 4.78 is 4.74. The molecule has 2 rings (SSSR count). The molecule has 1 unspecified atom stereocenters. The van der Waals surface area contributed by atoms with Crippen LogP contribution in [0.15, 0.2) is 36.4 Å². The summed E-state index contributed by atoms with van der Waals surface area (Å²) >= 11 is 0. The molecule has 1 aromatic carbocycles. The van der Waals surface area contributed by atoms with Gasteiger partial charge in [-0.1, -0.05) is 30.3 Å². The zero-order valence-electron chi connectivity index (χ0n) is 9.34. The Bertz CT molecular complexity index is 443. The maximum Gasteiger partial charge on any atom is 0.361 e. The van der Waals surface area contributed by atoms with Crippen LogP contribution in [0.5, 0.6) is 0 Å². The first-order valence-electron chi connectivity index (χ1n) is 5.27. The number of ether oxygens (including phenoxy) is 1. The van der Waals surface area contributed by atoms with Gasteiger partial charge in [0.2, 0.25) is 0 Å². The number of aliphatic hydroxyl groups is 1. The third-order valence-electron chi connectivity index (χ3n) is 2.30. The lowest BCUT2D eigenvalue weighted by atomic mass is 10.1. The van der Waals surface area contributed by atoms with Crippen molar-refractivity contribution in [1.29, 1.82) is 0 Å². The second-order valence-corrected chi connectivity index (χ2v) is 3.57. The predicted octanol–water partition coefficient (Wildman–Crippen LogP) is 0.814. The standard InChI is InChI=1S/C12H13NO4/c1-2-16-11(14)12(15)8-10(17-13-12)9-6-4-3-5-7-9/h3-8,13,15H,2H2,1H3. The van der Waals surface area contributed by atoms with E-state index in [9.17, 15) is 9.90 Å². The quantitative estimate of drug-likeness (QED) is 0.759. The third kappa shape index (κ3) is 2.30. The van der Waals surface area contributed by atoms with E-state index in [2.05, 4.69) is 5.48 Å². The van der Waals surface area contributed by atoms with Crippen molar-refractivity contribution >= 4 is 11.7 Å². The summed E-state index contributed by atoms with van der Waals surface area (Å²) in [5.41, 5.74) is 1.10. The third-order valence-corrected chi connectivity index (χ3v) is 2.30. The fourth-order valence-electron chi connectivity index (χ4n) is 1.47. The molecule has 0 fully saturated rings. The molecule has 1 aromatic rings. The number of rotatable bonds is 3. The fraction of sp³-hybridized carbons (Fsp3) is 0.250. The van der Waals surface area contributed by atoms with Gasteiger partial charge >= 0.3 is 5.97 Å². The number of nitrogens with one attached hydrogen (secondary N) is 1. The Morgan fingerprint density at radius 2 is 2.18 bits per heavy atom. The molecule has 1 aliphatic rings. The summed E-state index contributed by atoms with van der Waals surface area (Å²) in [5.74, 6) is -0.396. The van der Waals surface area contributed by atoms with Crippen LogP contribution in [0, 0.1) is 0 Å². The van der Waals surface area contributed by atoms with Crippen LogP contribution < -0.4 is 5.48 Å². The second kappa shape index (κ2) is 4.57. The molecular formula is C12H13NO4. The molecular weight excluding hydrogens is 222 g/mol. The van der Waals surface area contributed by atoms with E-state index in [1.807, 2.05) is 30.3 Å². The molecule has 0 amide bonds. The van der Waals surface area contributed by atoms with Crippen LogP contribution in [-0.2, 0) is 14.4 Å². The van der Waals surface area contributed by atoms with Crippen LogP contribution in [0.4, 0.5) is 0 Å². The Kier molecular flexibility index (Phi) is 3.12. The predicted molar refractivity (Wildman–Crippen MR) is 60.2 cm³/mol. The van der Waals surface area contributed by atoms with Gasteiger partial charge in [0, 0.05) is 11.6 Å². The van der Waals surface area contributed by atoms with Crippen molar-refractivity contribution in [3.8, 4) is 0 Å². The molecule has 0 aromatic heterocycles. The van der Waals surface area contributed by atoms with Crippen LogP contribution in [-0.4, -0.2) is 23.4 Å². The molecule has 0 bridgehead atoms. The average Bonchev–Trinajstić information content (AvgIpc) is 2.75. The molecule has 0 radical (unpaired) electrons. The van der Waals surface area contributed by atoms with Gasteiger partial charge in [-0.15, -0.1) is 5.48 Å². The summed E-state index contributed by atoms with van der Waals surface area (Å²) in [7, 11) is 0. The number of hydrogen-bond donors (Lipinski definition) is 2.